The van der Waals surface area contributed by atoms with Crippen LogP contribution in [0.15, 0.2) is 24.3 Å². The second-order valence-corrected chi connectivity index (χ2v) is 5.30. The lowest BCUT2D eigenvalue weighted by Crippen LogP contribution is -2.06. The molecule has 0 spiro atoms. The number of rotatable bonds is 5. The fourth-order valence-corrected chi connectivity index (χ4v) is 2.17. The number of benzene rings is 1. The molecule has 2 aromatic rings. The summed E-state index contributed by atoms with van der Waals surface area (Å²) in [6.45, 7) is 2.84. The number of aromatic nitrogens is 2. The first kappa shape index (κ1) is 13.9. The minimum Gasteiger partial charge on any atom is -0.370 e. The van der Waals surface area contributed by atoms with E-state index in [1.54, 1.807) is 12.1 Å². The zero-order valence-corrected chi connectivity index (χ0v) is 11.9. The van der Waals surface area contributed by atoms with Gasteiger partial charge in [0.2, 0.25) is 0 Å². The summed E-state index contributed by atoms with van der Waals surface area (Å²) in [5.41, 5.74) is 0.612. The van der Waals surface area contributed by atoms with Crippen molar-refractivity contribution in [1.29, 1.82) is 0 Å². The third-order valence-corrected chi connectivity index (χ3v) is 3.47. The first-order valence-electron chi connectivity index (χ1n) is 7.26. The highest BCUT2D eigenvalue weighted by atomic mass is 19.2. The molecule has 1 heterocycles. The average Bonchev–Trinajstić information content (AvgIpc) is 3.32. The molecule has 110 valence electrons. The van der Waals surface area contributed by atoms with E-state index in [2.05, 4.69) is 22.2 Å². The summed E-state index contributed by atoms with van der Waals surface area (Å²) in [7, 11) is 0. The van der Waals surface area contributed by atoms with E-state index in [1.165, 1.54) is 6.07 Å². The molecule has 21 heavy (non-hydrogen) atoms. The van der Waals surface area contributed by atoms with Gasteiger partial charge in [-0.1, -0.05) is 13.0 Å². The lowest BCUT2D eigenvalue weighted by Gasteiger charge is -2.10. The van der Waals surface area contributed by atoms with Crippen molar-refractivity contribution in [3.05, 3.63) is 41.7 Å². The minimum absolute atomic E-state index is 0.179. The molecule has 1 aromatic carbocycles. The van der Waals surface area contributed by atoms with Crippen molar-refractivity contribution < 1.29 is 8.78 Å². The molecule has 0 atom stereocenters. The van der Waals surface area contributed by atoms with Gasteiger partial charge in [-0.05, 0) is 31.4 Å². The Labute approximate surface area is 122 Å². The predicted molar refractivity (Wildman–Crippen MR) is 78.1 cm³/mol. The van der Waals surface area contributed by atoms with Crippen LogP contribution in [0.4, 0.5) is 14.6 Å². The molecular weight excluding hydrogens is 272 g/mol. The molecular formula is C16H17F2N3. The van der Waals surface area contributed by atoms with E-state index in [0.717, 1.165) is 37.7 Å². The Hall–Kier alpha value is -2.04. The standard InChI is InChI=1S/C16H17F2N3/c1-2-8-19-14-9-13(20-16(21-14)10-6-7-10)11-4-3-5-12(17)15(11)18/h3-5,9-10H,2,6-8H2,1H3,(H,19,20,21). The number of hydrogen-bond donors (Lipinski definition) is 1. The van der Waals surface area contributed by atoms with Crippen LogP contribution in [0.5, 0.6) is 0 Å². The molecule has 0 saturated heterocycles. The van der Waals surface area contributed by atoms with Crippen LogP contribution in [-0.2, 0) is 0 Å². The zero-order chi connectivity index (χ0) is 14.8. The summed E-state index contributed by atoms with van der Waals surface area (Å²) in [4.78, 5) is 8.89. The second kappa shape index (κ2) is 5.76. The van der Waals surface area contributed by atoms with Gasteiger partial charge in [0.05, 0.1) is 5.69 Å². The molecule has 1 N–H and O–H groups in total. The Morgan fingerprint density at radius 3 is 2.76 bits per heavy atom. The third-order valence-electron chi connectivity index (χ3n) is 3.47. The summed E-state index contributed by atoms with van der Waals surface area (Å²) in [5.74, 6) is 0.0208. The smallest absolute Gasteiger partial charge is 0.168 e. The molecule has 1 aromatic heterocycles. The monoisotopic (exact) mass is 289 g/mol. The Balaban J connectivity index is 2.03. The highest BCUT2D eigenvalue weighted by Crippen LogP contribution is 2.39. The van der Waals surface area contributed by atoms with Gasteiger partial charge in [0.15, 0.2) is 11.6 Å². The number of nitrogens with one attached hydrogen (secondary N) is 1. The first-order chi connectivity index (χ1) is 10.2. The van der Waals surface area contributed by atoms with Gasteiger partial charge in [0.25, 0.3) is 0 Å². The van der Waals surface area contributed by atoms with E-state index < -0.39 is 11.6 Å². The summed E-state index contributed by atoms with van der Waals surface area (Å²) in [5, 5.41) is 3.19. The van der Waals surface area contributed by atoms with Crippen LogP contribution >= 0.6 is 0 Å². The molecule has 0 radical (unpaired) electrons. The van der Waals surface area contributed by atoms with Crippen LogP contribution in [0.1, 0.15) is 37.9 Å². The molecule has 0 amide bonds. The minimum atomic E-state index is -0.862. The van der Waals surface area contributed by atoms with E-state index in [9.17, 15) is 8.78 Å². The summed E-state index contributed by atoms with van der Waals surface area (Å²) in [6, 6.07) is 5.82. The Bertz CT molecular complexity index is 654. The van der Waals surface area contributed by atoms with E-state index in [1.807, 2.05) is 0 Å². The van der Waals surface area contributed by atoms with Crippen LogP contribution in [0.3, 0.4) is 0 Å². The molecule has 1 aliphatic rings. The van der Waals surface area contributed by atoms with E-state index >= 15 is 0 Å². The summed E-state index contributed by atoms with van der Waals surface area (Å²) in [6.07, 6.45) is 3.08. The first-order valence-corrected chi connectivity index (χ1v) is 7.26. The van der Waals surface area contributed by atoms with Crippen molar-refractivity contribution >= 4 is 5.82 Å². The Morgan fingerprint density at radius 2 is 2.05 bits per heavy atom. The average molecular weight is 289 g/mol. The SMILES string of the molecule is CCCNc1cc(-c2cccc(F)c2F)nc(C2CC2)n1. The van der Waals surface area contributed by atoms with Crippen LogP contribution in [0.25, 0.3) is 11.3 Å². The second-order valence-electron chi connectivity index (χ2n) is 5.30. The van der Waals surface area contributed by atoms with Crippen molar-refractivity contribution in [3.63, 3.8) is 0 Å². The van der Waals surface area contributed by atoms with E-state index in [4.69, 9.17) is 0 Å². The maximum absolute atomic E-state index is 14.0. The van der Waals surface area contributed by atoms with Gasteiger partial charge in [0.1, 0.15) is 11.6 Å². The van der Waals surface area contributed by atoms with Gasteiger partial charge in [-0.2, -0.15) is 0 Å². The molecule has 0 bridgehead atoms. The molecule has 1 aliphatic carbocycles. The van der Waals surface area contributed by atoms with Crippen molar-refractivity contribution in [3.8, 4) is 11.3 Å². The fraction of sp³-hybridized carbons (Fsp3) is 0.375. The number of halogens is 2. The molecule has 1 saturated carbocycles. The van der Waals surface area contributed by atoms with Crippen LogP contribution in [-0.4, -0.2) is 16.5 Å². The van der Waals surface area contributed by atoms with Crippen LogP contribution < -0.4 is 5.32 Å². The Kier molecular flexibility index (Phi) is 3.82. The van der Waals surface area contributed by atoms with Gasteiger partial charge >= 0.3 is 0 Å². The molecule has 3 rings (SSSR count). The predicted octanol–water partition coefficient (Wildman–Crippen LogP) is 4.12. The highest BCUT2D eigenvalue weighted by molar-refractivity contribution is 5.63. The van der Waals surface area contributed by atoms with Gasteiger partial charge in [0, 0.05) is 24.1 Å². The maximum Gasteiger partial charge on any atom is 0.168 e. The fourth-order valence-electron chi connectivity index (χ4n) is 2.17. The highest BCUT2D eigenvalue weighted by Gasteiger charge is 2.28. The zero-order valence-electron chi connectivity index (χ0n) is 11.9. The quantitative estimate of drug-likeness (QED) is 0.899. The molecule has 3 nitrogen and oxygen atoms in total. The van der Waals surface area contributed by atoms with E-state index in [0.29, 0.717) is 17.4 Å². The third kappa shape index (κ3) is 3.01. The largest absolute Gasteiger partial charge is 0.370 e. The van der Waals surface area contributed by atoms with Gasteiger partial charge in [-0.15, -0.1) is 0 Å². The Morgan fingerprint density at radius 1 is 1.24 bits per heavy atom. The molecule has 0 unspecified atom stereocenters. The molecule has 1 fully saturated rings. The van der Waals surface area contributed by atoms with Gasteiger partial charge in [-0.25, -0.2) is 18.7 Å². The summed E-state index contributed by atoms with van der Waals surface area (Å²) >= 11 is 0. The van der Waals surface area contributed by atoms with Crippen LogP contribution in [0, 0.1) is 11.6 Å². The topological polar surface area (TPSA) is 37.8 Å². The lowest BCUT2D eigenvalue weighted by molar-refractivity contribution is 0.511. The van der Waals surface area contributed by atoms with Crippen molar-refractivity contribution in [2.45, 2.75) is 32.1 Å². The molecule has 0 aliphatic heterocycles. The van der Waals surface area contributed by atoms with Gasteiger partial charge < -0.3 is 5.32 Å². The van der Waals surface area contributed by atoms with Crippen molar-refractivity contribution in [2.24, 2.45) is 0 Å². The normalized spacial score (nSPS) is 14.2. The maximum atomic E-state index is 14.0. The van der Waals surface area contributed by atoms with Crippen molar-refractivity contribution in [1.82, 2.24) is 9.97 Å². The number of hydrogen-bond acceptors (Lipinski definition) is 3. The summed E-state index contributed by atoms with van der Waals surface area (Å²) < 4.78 is 27.4. The number of anilines is 1. The lowest BCUT2D eigenvalue weighted by atomic mass is 10.1. The molecule has 5 heteroatoms. The van der Waals surface area contributed by atoms with Crippen molar-refractivity contribution in [2.75, 3.05) is 11.9 Å². The number of nitrogens with zero attached hydrogens (tertiary/aromatic N) is 2. The van der Waals surface area contributed by atoms with Gasteiger partial charge in [-0.3, -0.25) is 0 Å². The van der Waals surface area contributed by atoms with E-state index in [-0.39, 0.29) is 5.56 Å². The van der Waals surface area contributed by atoms with Crippen LogP contribution in [0.2, 0.25) is 0 Å².